The lowest BCUT2D eigenvalue weighted by Crippen LogP contribution is -2.14. The van der Waals surface area contributed by atoms with Crippen LogP contribution in [0.15, 0.2) is 36.5 Å². The SMILES string of the molecule is Cc1ccc(-c2ccnc(NCCN)n2)cc1. The molecule has 4 heteroatoms. The number of anilines is 1. The number of nitrogens with two attached hydrogens (primary N) is 1. The molecule has 0 unspecified atom stereocenters. The molecule has 0 radical (unpaired) electrons. The van der Waals surface area contributed by atoms with E-state index in [1.54, 1.807) is 6.20 Å². The molecule has 88 valence electrons. The molecule has 0 saturated heterocycles. The summed E-state index contributed by atoms with van der Waals surface area (Å²) < 4.78 is 0. The zero-order valence-corrected chi connectivity index (χ0v) is 9.85. The molecule has 0 spiro atoms. The second-order valence-electron chi connectivity index (χ2n) is 3.85. The third kappa shape index (κ3) is 3.01. The average molecular weight is 228 g/mol. The van der Waals surface area contributed by atoms with Crippen molar-refractivity contribution in [3.8, 4) is 11.3 Å². The molecule has 4 nitrogen and oxygen atoms in total. The first-order valence-electron chi connectivity index (χ1n) is 5.63. The van der Waals surface area contributed by atoms with Crippen LogP contribution in [0.5, 0.6) is 0 Å². The molecule has 1 aromatic carbocycles. The van der Waals surface area contributed by atoms with Crippen LogP contribution in [0.4, 0.5) is 5.95 Å². The van der Waals surface area contributed by atoms with Gasteiger partial charge in [-0.1, -0.05) is 29.8 Å². The molecular weight excluding hydrogens is 212 g/mol. The molecule has 2 rings (SSSR count). The van der Waals surface area contributed by atoms with Gasteiger partial charge in [0.15, 0.2) is 0 Å². The van der Waals surface area contributed by atoms with Crippen molar-refractivity contribution in [2.45, 2.75) is 6.92 Å². The minimum Gasteiger partial charge on any atom is -0.353 e. The molecular formula is C13H16N4. The Balaban J connectivity index is 2.23. The standard InChI is InChI=1S/C13H16N4/c1-10-2-4-11(5-3-10)12-6-8-15-13(17-12)16-9-7-14/h2-6,8H,7,9,14H2,1H3,(H,15,16,17). The van der Waals surface area contributed by atoms with Gasteiger partial charge in [-0.3, -0.25) is 0 Å². The normalized spacial score (nSPS) is 10.2. The van der Waals surface area contributed by atoms with E-state index >= 15 is 0 Å². The lowest BCUT2D eigenvalue weighted by atomic mass is 10.1. The van der Waals surface area contributed by atoms with Crippen molar-refractivity contribution in [2.24, 2.45) is 5.73 Å². The van der Waals surface area contributed by atoms with Crippen molar-refractivity contribution in [3.05, 3.63) is 42.1 Å². The summed E-state index contributed by atoms with van der Waals surface area (Å²) >= 11 is 0. The summed E-state index contributed by atoms with van der Waals surface area (Å²) in [5, 5.41) is 3.07. The van der Waals surface area contributed by atoms with Gasteiger partial charge in [-0.15, -0.1) is 0 Å². The first kappa shape index (κ1) is 11.5. The van der Waals surface area contributed by atoms with Crippen molar-refractivity contribution in [2.75, 3.05) is 18.4 Å². The molecule has 3 N–H and O–H groups in total. The largest absolute Gasteiger partial charge is 0.353 e. The van der Waals surface area contributed by atoms with E-state index in [0.29, 0.717) is 19.0 Å². The van der Waals surface area contributed by atoms with Crippen molar-refractivity contribution >= 4 is 5.95 Å². The molecule has 1 aromatic heterocycles. The summed E-state index contributed by atoms with van der Waals surface area (Å²) in [6, 6.07) is 10.2. The van der Waals surface area contributed by atoms with Gasteiger partial charge in [-0.2, -0.15) is 0 Å². The van der Waals surface area contributed by atoms with Gasteiger partial charge in [-0.05, 0) is 13.0 Å². The highest BCUT2D eigenvalue weighted by Crippen LogP contribution is 2.17. The second kappa shape index (κ2) is 5.41. The van der Waals surface area contributed by atoms with Gasteiger partial charge >= 0.3 is 0 Å². The average Bonchev–Trinajstić information content (AvgIpc) is 2.37. The maximum atomic E-state index is 5.42. The number of nitrogens with zero attached hydrogens (tertiary/aromatic N) is 2. The lowest BCUT2D eigenvalue weighted by molar-refractivity contribution is 0.990. The summed E-state index contributed by atoms with van der Waals surface area (Å²) in [6.45, 7) is 3.31. The Morgan fingerprint density at radius 3 is 2.65 bits per heavy atom. The fourth-order valence-electron chi connectivity index (χ4n) is 1.51. The summed E-state index contributed by atoms with van der Waals surface area (Å²) in [5.41, 5.74) is 8.67. The zero-order valence-electron chi connectivity index (χ0n) is 9.85. The maximum Gasteiger partial charge on any atom is 0.223 e. The molecule has 0 saturated carbocycles. The molecule has 0 fully saturated rings. The highest BCUT2D eigenvalue weighted by atomic mass is 15.1. The maximum absolute atomic E-state index is 5.42. The molecule has 0 aliphatic heterocycles. The highest BCUT2D eigenvalue weighted by Gasteiger charge is 2.01. The van der Waals surface area contributed by atoms with E-state index in [9.17, 15) is 0 Å². The number of hydrogen-bond donors (Lipinski definition) is 2. The molecule has 1 heterocycles. The number of nitrogens with one attached hydrogen (secondary N) is 1. The number of aryl methyl sites for hydroxylation is 1. The van der Waals surface area contributed by atoms with E-state index in [1.165, 1.54) is 5.56 Å². The molecule has 2 aromatic rings. The Bertz CT molecular complexity index is 479. The van der Waals surface area contributed by atoms with E-state index < -0.39 is 0 Å². The fourth-order valence-corrected chi connectivity index (χ4v) is 1.51. The van der Waals surface area contributed by atoms with Gasteiger partial charge in [0.2, 0.25) is 5.95 Å². The molecule has 0 aliphatic carbocycles. The predicted octanol–water partition coefficient (Wildman–Crippen LogP) is 1.82. The number of aromatic nitrogens is 2. The Kier molecular flexibility index (Phi) is 3.67. The Hall–Kier alpha value is -1.94. The van der Waals surface area contributed by atoms with Crippen molar-refractivity contribution in [1.82, 2.24) is 9.97 Å². The van der Waals surface area contributed by atoms with Crippen molar-refractivity contribution < 1.29 is 0 Å². The monoisotopic (exact) mass is 228 g/mol. The van der Waals surface area contributed by atoms with Gasteiger partial charge < -0.3 is 11.1 Å². The minimum atomic E-state index is 0.568. The van der Waals surface area contributed by atoms with Crippen LogP contribution in [-0.4, -0.2) is 23.1 Å². The van der Waals surface area contributed by atoms with Gasteiger partial charge in [-0.25, -0.2) is 9.97 Å². The zero-order chi connectivity index (χ0) is 12.1. The summed E-state index contributed by atoms with van der Waals surface area (Å²) in [7, 11) is 0. The van der Waals surface area contributed by atoms with E-state index in [4.69, 9.17) is 5.73 Å². The molecule has 17 heavy (non-hydrogen) atoms. The first-order valence-corrected chi connectivity index (χ1v) is 5.63. The molecule has 0 bridgehead atoms. The van der Waals surface area contributed by atoms with Crippen LogP contribution in [0.2, 0.25) is 0 Å². The van der Waals surface area contributed by atoms with E-state index in [2.05, 4.69) is 46.5 Å². The molecule has 0 aliphatic rings. The molecule has 0 amide bonds. The first-order chi connectivity index (χ1) is 8.29. The Morgan fingerprint density at radius 1 is 1.18 bits per heavy atom. The van der Waals surface area contributed by atoms with Crippen LogP contribution >= 0.6 is 0 Å². The Labute approximate surface area is 101 Å². The number of rotatable bonds is 4. The van der Waals surface area contributed by atoms with Crippen LogP contribution in [0, 0.1) is 6.92 Å². The third-order valence-corrected chi connectivity index (χ3v) is 2.43. The summed E-state index contributed by atoms with van der Waals surface area (Å²) in [6.07, 6.45) is 1.75. The highest BCUT2D eigenvalue weighted by molar-refractivity contribution is 5.60. The summed E-state index contributed by atoms with van der Waals surface area (Å²) in [5.74, 6) is 0.619. The number of benzene rings is 1. The second-order valence-corrected chi connectivity index (χ2v) is 3.85. The van der Waals surface area contributed by atoms with E-state index in [1.807, 2.05) is 6.07 Å². The smallest absolute Gasteiger partial charge is 0.223 e. The van der Waals surface area contributed by atoms with Crippen LogP contribution in [0.1, 0.15) is 5.56 Å². The van der Waals surface area contributed by atoms with Gasteiger partial charge in [0.1, 0.15) is 0 Å². The van der Waals surface area contributed by atoms with Gasteiger partial charge in [0.25, 0.3) is 0 Å². The van der Waals surface area contributed by atoms with Crippen molar-refractivity contribution in [1.29, 1.82) is 0 Å². The van der Waals surface area contributed by atoms with E-state index in [-0.39, 0.29) is 0 Å². The predicted molar refractivity (Wildman–Crippen MR) is 69.7 cm³/mol. The quantitative estimate of drug-likeness (QED) is 0.838. The van der Waals surface area contributed by atoms with Crippen molar-refractivity contribution in [3.63, 3.8) is 0 Å². The minimum absolute atomic E-state index is 0.568. The Morgan fingerprint density at radius 2 is 1.94 bits per heavy atom. The van der Waals surface area contributed by atoms with Gasteiger partial charge in [0, 0.05) is 24.8 Å². The lowest BCUT2D eigenvalue weighted by Gasteiger charge is -2.05. The third-order valence-electron chi connectivity index (χ3n) is 2.43. The number of hydrogen-bond acceptors (Lipinski definition) is 4. The van der Waals surface area contributed by atoms with Crippen LogP contribution in [0.25, 0.3) is 11.3 Å². The molecule has 0 atom stereocenters. The topological polar surface area (TPSA) is 63.8 Å². The van der Waals surface area contributed by atoms with Gasteiger partial charge in [0.05, 0.1) is 5.69 Å². The fraction of sp³-hybridized carbons (Fsp3) is 0.231. The van der Waals surface area contributed by atoms with E-state index in [0.717, 1.165) is 11.3 Å². The summed E-state index contributed by atoms with van der Waals surface area (Å²) in [4.78, 5) is 8.57. The van der Waals surface area contributed by atoms with Crippen LogP contribution < -0.4 is 11.1 Å². The van der Waals surface area contributed by atoms with Crippen LogP contribution in [-0.2, 0) is 0 Å². The van der Waals surface area contributed by atoms with Crippen LogP contribution in [0.3, 0.4) is 0 Å².